The third-order valence-electron chi connectivity index (χ3n) is 3.27. The number of fused-ring (bicyclic) bond motifs is 1. The van der Waals surface area contributed by atoms with Crippen LogP contribution in [0.25, 0.3) is 10.9 Å². The normalized spacial score (nSPS) is 11.0. The summed E-state index contributed by atoms with van der Waals surface area (Å²) in [4.78, 5) is 4.56. The van der Waals surface area contributed by atoms with E-state index in [4.69, 9.17) is 0 Å². The van der Waals surface area contributed by atoms with Gasteiger partial charge in [0.2, 0.25) is 0 Å². The Morgan fingerprint density at radius 2 is 2.09 bits per heavy atom. The van der Waals surface area contributed by atoms with Crippen LogP contribution in [-0.2, 0) is 6.54 Å². The molecule has 2 rings (SSSR count). The molecule has 0 amide bonds. The first-order valence-corrected chi connectivity index (χ1v) is 7.52. The average Bonchev–Trinajstić information content (AvgIpc) is 2.92. The van der Waals surface area contributed by atoms with Crippen molar-refractivity contribution in [3.63, 3.8) is 0 Å². The molecule has 120 valence electrons. The van der Waals surface area contributed by atoms with Gasteiger partial charge < -0.3 is 15.2 Å². The number of nitrogens with zero attached hydrogens (tertiary/aromatic N) is 2. The Hall–Kier alpha value is -1.50. The topological polar surface area (TPSA) is 41.4 Å². The van der Waals surface area contributed by atoms with E-state index in [2.05, 4.69) is 70.2 Å². The molecule has 0 spiro atoms. The van der Waals surface area contributed by atoms with Crippen LogP contribution in [0.15, 0.2) is 54.2 Å². The quantitative estimate of drug-likeness (QED) is 0.241. The number of benzene rings is 1. The lowest BCUT2D eigenvalue weighted by molar-refractivity contribution is 0.667. The van der Waals surface area contributed by atoms with Gasteiger partial charge in [-0.3, -0.25) is 4.99 Å². The van der Waals surface area contributed by atoms with Crippen LogP contribution in [0, 0.1) is 0 Å². The van der Waals surface area contributed by atoms with Gasteiger partial charge in [0, 0.05) is 37.9 Å². The van der Waals surface area contributed by atoms with Crippen LogP contribution < -0.4 is 10.6 Å². The standard InChI is InChI=1S/C17H24N4.HI/c1-3-11-19-17(18-4-2)20-12-7-13-21-14-10-15-8-5-6-9-16(15)21;/h3,5-6,8-10,14H,1,4,7,11-13H2,2H3,(H2,18,19,20);1H. The lowest BCUT2D eigenvalue weighted by Crippen LogP contribution is -2.37. The number of guanidine groups is 1. The Balaban J connectivity index is 0.00000242. The second-order valence-corrected chi connectivity index (χ2v) is 4.85. The fourth-order valence-electron chi connectivity index (χ4n) is 2.28. The van der Waals surface area contributed by atoms with E-state index >= 15 is 0 Å². The van der Waals surface area contributed by atoms with Gasteiger partial charge >= 0.3 is 0 Å². The number of para-hydroxylation sites is 1. The van der Waals surface area contributed by atoms with Crippen molar-refractivity contribution in [1.29, 1.82) is 0 Å². The monoisotopic (exact) mass is 412 g/mol. The molecule has 0 saturated carbocycles. The smallest absolute Gasteiger partial charge is 0.191 e. The molecule has 0 saturated heterocycles. The molecule has 0 aliphatic rings. The third-order valence-corrected chi connectivity index (χ3v) is 3.27. The number of aliphatic imine (C=N–C) groups is 1. The zero-order valence-electron chi connectivity index (χ0n) is 13.1. The van der Waals surface area contributed by atoms with E-state index in [1.165, 1.54) is 10.9 Å². The summed E-state index contributed by atoms with van der Waals surface area (Å²) in [5.74, 6) is 0.856. The van der Waals surface area contributed by atoms with Gasteiger partial charge in [-0.25, -0.2) is 0 Å². The molecule has 22 heavy (non-hydrogen) atoms. The van der Waals surface area contributed by atoms with E-state index in [0.717, 1.165) is 38.6 Å². The SMILES string of the molecule is C=CCNC(=NCCCn1ccc2ccccc21)NCC.I. The van der Waals surface area contributed by atoms with Crippen LogP contribution in [0.3, 0.4) is 0 Å². The molecule has 0 fully saturated rings. The largest absolute Gasteiger partial charge is 0.357 e. The van der Waals surface area contributed by atoms with Crippen LogP contribution in [0.4, 0.5) is 0 Å². The van der Waals surface area contributed by atoms with Crippen molar-refractivity contribution >= 4 is 40.8 Å². The van der Waals surface area contributed by atoms with E-state index in [-0.39, 0.29) is 24.0 Å². The highest BCUT2D eigenvalue weighted by atomic mass is 127. The third kappa shape index (κ3) is 5.36. The van der Waals surface area contributed by atoms with Crippen molar-refractivity contribution in [3.8, 4) is 0 Å². The second-order valence-electron chi connectivity index (χ2n) is 4.85. The predicted molar refractivity (Wildman–Crippen MR) is 106 cm³/mol. The summed E-state index contributed by atoms with van der Waals surface area (Å²) in [6.45, 7) is 9.15. The molecule has 0 unspecified atom stereocenters. The number of aromatic nitrogens is 1. The van der Waals surface area contributed by atoms with E-state index in [1.54, 1.807) is 0 Å². The number of hydrogen-bond acceptors (Lipinski definition) is 1. The summed E-state index contributed by atoms with van der Waals surface area (Å²) >= 11 is 0. The molecule has 0 radical (unpaired) electrons. The molecule has 0 aliphatic carbocycles. The Bertz CT molecular complexity index is 603. The van der Waals surface area contributed by atoms with Crippen LogP contribution in [0.2, 0.25) is 0 Å². The summed E-state index contributed by atoms with van der Waals surface area (Å²) in [7, 11) is 0. The molecule has 0 bridgehead atoms. The Labute approximate surface area is 149 Å². The number of rotatable bonds is 7. The van der Waals surface area contributed by atoms with Crippen molar-refractivity contribution in [1.82, 2.24) is 15.2 Å². The van der Waals surface area contributed by atoms with Gasteiger partial charge in [-0.2, -0.15) is 0 Å². The molecule has 2 aromatic rings. The summed E-state index contributed by atoms with van der Waals surface area (Å²) in [5, 5.41) is 7.73. The number of halogens is 1. The van der Waals surface area contributed by atoms with E-state index in [1.807, 2.05) is 6.08 Å². The van der Waals surface area contributed by atoms with Crippen LogP contribution in [0.1, 0.15) is 13.3 Å². The van der Waals surface area contributed by atoms with Gasteiger partial charge in [0.1, 0.15) is 0 Å². The van der Waals surface area contributed by atoms with Crippen LogP contribution in [-0.4, -0.2) is 30.2 Å². The highest BCUT2D eigenvalue weighted by Crippen LogP contribution is 2.15. The van der Waals surface area contributed by atoms with Gasteiger partial charge in [0.15, 0.2) is 5.96 Å². The molecule has 1 aromatic heterocycles. The molecule has 0 atom stereocenters. The number of hydrogen-bond donors (Lipinski definition) is 2. The van der Waals surface area contributed by atoms with Crippen molar-refractivity contribution in [2.24, 2.45) is 4.99 Å². The zero-order valence-corrected chi connectivity index (χ0v) is 15.4. The Morgan fingerprint density at radius 1 is 1.27 bits per heavy atom. The molecule has 1 aromatic carbocycles. The van der Waals surface area contributed by atoms with Crippen molar-refractivity contribution in [2.45, 2.75) is 19.9 Å². The lowest BCUT2D eigenvalue weighted by Gasteiger charge is -2.09. The minimum absolute atomic E-state index is 0. The fourth-order valence-corrected chi connectivity index (χ4v) is 2.28. The van der Waals surface area contributed by atoms with E-state index < -0.39 is 0 Å². The molecule has 0 aliphatic heterocycles. The van der Waals surface area contributed by atoms with Crippen LogP contribution in [0.5, 0.6) is 0 Å². The Kier molecular flexibility index (Phi) is 8.65. The number of aryl methyl sites for hydroxylation is 1. The van der Waals surface area contributed by atoms with Crippen molar-refractivity contribution in [3.05, 3.63) is 49.2 Å². The maximum absolute atomic E-state index is 4.56. The zero-order chi connectivity index (χ0) is 14.9. The minimum Gasteiger partial charge on any atom is -0.357 e. The summed E-state index contributed by atoms with van der Waals surface area (Å²) in [5.41, 5.74) is 1.29. The Morgan fingerprint density at radius 3 is 2.86 bits per heavy atom. The fraction of sp³-hybridized carbons (Fsp3) is 0.353. The summed E-state index contributed by atoms with van der Waals surface area (Å²) < 4.78 is 2.29. The predicted octanol–water partition coefficient (Wildman–Crippen LogP) is 3.39. The summed E-state index contributed by atoms with van der Waals surface area (Å²) in [6.07, 6.45) is 5.00. The highest BCUT2D eigenvalue weighted by molar-refractivity contribution is 14.0. The number of nitrogens with one attached hydrogen (secondary N) is 2. The van der Waals surface area contributed by atoms with Crippen molar-refractivity contribution in [2.75, 3.05) is 19.6 Å². The highest BCUT2D eigenvalue weighted by Gasteiger charge is 1.99. The molecule has 4 nitrogen and oxygen atoms in total. The molecule has 2 N–H and O–H groups in total. The lowest BCUT2D eigenvalue weighted by atomic mass is 10.2. The molecule has 5 heteroatoms. The molecular formula is C17H25IN4. The van der Waals surface area contributed by atoms with Crippen LogP contribution >= 0.6 is 24.0 Å². The minimum atomic E-state index is 0. The first kappa shape index (κ1) is 18.5. The summed E-state index contributed by atoms with van der Waals surface area (Å²) in [6, 6.07) is 10.6. The second kappa shape index (κ2) is 10.3. The molecular weight excluding hydrogens is 387 g/mol. The van der Waals surface area contributed by atoms with Gasteiger partial charge in [0.05, 0.1) is 0 Å². The van der Waals surface area contributed by atoms with Crippen molar-refractivity contribution < 1.29 is 0 Å². The maximum Gasteiger partial charge on any atom is 0.191 e. The van der Waals surface area contributed by atoms with E-state index in [9.17, 15) is 0 Å². The molecule has 1 heterocycles. The average molecular weight is 412 g/mol. The maximum atomic E-state index is 4.56. The van der Waals surface area contributed by atoms with Gasteiger partial charge in [-0.1, -0.05) is 24.3 Å². The first-order chi connectivity index (χ1) is 10.3. The van der Waals surface area contributed by atoms with Gasteiger partial charge in [-0.05, 0) is 30.9 Å². The van der Waals surface area contributed by atoms with Gasteiger partial charge in [0.25, 0.3) is 0 Å². The first-order valence-electron chi connectivity index (χ1n) is 7.52. The van der Waals surface area contributed by atoms with E-state index in [0.29, 0.717) is 0 Å². The van der Waals surface area contributed by atoms with Gasteiger partial charge in [-0.15, -0.1) is 30.6 Å².